The summed E-state index contributed by atoms with van der Waals surface area (Å²) in [5.74, 6) is 0. The van der Waals surface area contributed by atoms with E-state index >= 15 is 0 Å². The number of fused-ring (bicyclic) bond motifs is 6. The molecule has 0 saturated heterocycles. The molecule has 0 spiro atoms. The van der Waals surface area contributed by atoms with Gasteiger partial charge in [-0.1, -0.05) is 133 Å². The SMILES string of the molecule is N#Cc1ccc2c3c(cccc13)-c1c(-c3ccccc3)c(-c3ccc(-n4c5ccccc5c5ccccc54)cc3)cc(-c3ccccc3)c1-2. The van der Waals surface area contributed by atoms with Gasteiger partial charge in [0.15, 0.2) is 0 Å². The summed E-state index contributed by atoms with van der Waals surface area (Å²) in [6.45, 7) is 0. The fourth-order valence-corrected chi connectivity index (χ4v) is 8.12. The van der Waals surface area contributed by atoms with Crippen molar-refractivity contribution in [2.75, 3.05) is 0 Å². The maximum atomic E-state index is 10.1. The molecule has 9 aromatic rings. The third-order valence-corrected chi connectivity index (χ3v) is 10.2. The van der Waals surface area contributed by atoms with Crippen LogP contribution in [0.15, 0.2) is 170 Å². The molecule has 10 rings (SSSR count). The number of aromatic nitrogens is 1. The minimum atomic E-state index is 0.705. The summed E-state index contributed by atoms with van der Waals surface area (Å²) in [5, 5.41) is 14.7. The van der Waals surface area contributed by atoms with Gasteiger partial charge in [-0.15, -0.1) is 0 Å². The van der Waals surface area contributed by atoms with E-state index in [-0.39, 0.29) is 0 Å². The lowest BCUT2D eigenvalue weighted by molar-refractivity contribution is 1.18. The van der Waals surface area contributed by atoms with Gasteiger partial charge in [0.25, 0.3) is 0 Å². The molecule has 0 N–H and O–H groups in total. The van der Waals surface area contributed by atoms with Crippen LogP contribution in [0.3, 0.4) is 0 Å². The first-order valence-electron chi connectivity index (χ1n) is 16.7. The van der Waals surface area contributed by atoms with E-state index in [1.54, 1.807) is 0 Å². The van der Waals surface area contributed by atoms with Crippen molar-refractivity contribution in [3.05, 3.63) is 175 Å². The Bertz CT molecular complexity index is 2750. The monoisotopic (exact) mass is 620 g/mol. The van der Waals surface area contributed by atoms with Gasteiger partial charge in [0, 0.05) is 21.8 Å². The smallest absolute Gasteiger partial charge is 0.0998 e. The molecule has 2 nitrogen and oxygen atoms in total. The summed E-state index contributed by atoms with van der Waals surface area (Å²) in [4.78, 5) is 0. The van der Waals surface area contributed by atoms with Gasteiger partial charge in [-0.05, 0) is 97.4 Å². The number of nitrogens with zero attached hydrogens (tertiary/aromatic N) is 2. The van der Waals surface area contributed by atoms with Gasteiger partial charge in [0.05, 0.1) is 22.7 Å². The number of nitriles is 1. The van der Waals surface area contributed by atoms with Crippen LogP contribution >= 0.6 is 0 Å². The number of rotatable bonds is 4. The lowest BCUT2D eigenvalue weighted by atomic mass is 9.82. The Morgan fingerprint density at radius 2 is 0.939 bits per heavy atom. The van der Waals surface area contributed by atoms with Gasteiger partial charge < -0.3 is 4.57 Å². The summed E-state index contributed by atoms with van der Waals surface area (Å²) in [6.07, 6.45) is 0. The van der Waals surface area contributed by atoms with Crippen LogP contribution < -0.4 is 0 Å². The molecule has 49 heavy (non-hydrogen) atoms. The van der Waals surface area contributed by atoms with Crippen molar-refractivity contribution in [3.8, 4) is 67.4 Å². The van der Waals surface area contributed by atoms with E-state index in [9.17, 15) is 5.26 Å². The first-order chi connectivity index (χ1) is 24.3. The highest BCUT2D eigenvalue weighted by atomic mass is 15.0. The zero-order valence-electron chi connectivity index (χ0n) is 26.6. The second kappa shape index (κ2) is 10.7. The van der Waals surface area contributed by atoms with Crippen molar-refractivity contribution >= 4 is 32.6 Å². The highest BCUT2D eigenvalue weighted by Crippen LogP contribution is 2.57. The molecule has 0 amide bonds. The predicted octanol–water partition coefficient (Wildman–Crippen LogP) is 12.5. The summed E-state index contributed by atoms with van der Waals surface area (Å²) in [7, 11) is 0. The molecule has 0 bridgehead atoms. The van der Waals surface area contributed by atoms with Crippen LogP contribution in [0, 0.1) is 11.3 Å². The van der Waals surface area contributed by atoms with Crippen LogP contribution in [-0.4, -0.2) is 4.57 Å². The van der Waals surface area contributed by atoms with Crippen LogP contribution in [-0.2, 0) is 0 Å². The average molecular weight is 621 g/mol. The third kappa shape index (κ3) is 4.00. The minimum Gasteiger partial charge on any atom is -0.309 e. The molecule has 0 radical (unpaired) electrons. The summed E-state index contributed by atoms with van der Waals surface area (Å²) in [5.41, 5.74) is 16.1. The maximum Gasteiger partial charge on any atom is 0.0998 e. The van der Waals surface area contributed by atoms with E-state index in [2.05, 4.69) is 174 Å². The maximum absolute atomic E-state index is 10.1. The molecule has 1 heterocycles. The lowest BCUT2D eigenvalue weighted by Crippen LogP contribution is -1.96. The molecule has 0 aliphatic heterocycles. The van der Waals surface area contributed by atoms with Crippen molar-refractivity contribution in [1.29, 1.82) is 5.26 Å². The van der Waals surface area contributed by atoms with Gasteiger partial charge in [-0.3, -0.25) is 0 Å². The van der Waals surface area contributed by atoms with Gasteiger partial charge in [-0.2, -0.15) is 5.26 Å². The summed E-state index contributed by atoms with van der Waals surface area (Å²) < 4.78 is 2.37. The van der Waals surface area contributed by atoms with Crippen LogP contribution in [0.25, 0.3) is 93.9 Å². The molecule has 1 aromatic heterocycles. The Hall–Kier alpha value is -6.69. The standard InChI is InChI=1S/C47H28N2/c48-29-33-24-27-39-45-35(33)18-11-19-38(45)47-44(32-14-5-2-6-15-32)40(28-41(46(39)47)30-12-3-1-4-13-30)31-22-25-34(26-23-31)49-42-20-9-7-16-36(42)37-17-8-10-21-43(37)49/h1-28H. The van der Waals surface area contributed by atoms with E-state index in [0.29, 0.717) is 5.56 Å². The van der Waals surface area contributed by atoms with E-state index in [1.807, 2.05) is 6.07 Å². The first kappa shape index (κ1) is 27.4. The Morgan fingerprint density at radius 3 is 1.61 bits per heavy atom. The highest BCUT2D eigenvalue weighted by molar-refractivity contribution is 6.23. The van der Waals surface area contributed by atoms with Crippen molar-refractivity contribution in [1.82, 2.24) is 4.57 Å². The molecule has 0 unspecified atom stereocenters. The van der Waals surface area contributed by atoms with Crippen LogP contribution in [0.1, 0.15) is 5.56 Å². The van der Waals surface area contributed by atoms with Gasteiger partial charge in [-0.25, -0.2) is 0 Å². The Labute approximate surface area is 284 Å². The second-order valence-electron chi connectivity index (χ2n) is 12.7. The van der Waals surface area contributed by atoms with Gasteiger partial charge >= 0.3 is 0 Å². The molecule has 0 fully saturated rings. The number of para-hydroxylation sites is 2. The largest absolute Gasteiger partial charge is 0.309 e. The number of benzene rings is 8. The molecular weight excluding hydrogens is 593 g/mol. The van der Waals surface area contributed by atoms with Gasteiger partial charge in [0.2, 0.25) is 0 Å². The first-order valence-corrected chi connectivity index (χ1v) is 16.7. The molecule has 2 heteroatoms. The quantitative estimate of drug-likeness (QED) is 0.192. The van der Waals surface area contributed by atoms with E-state index in [0.717, 1.165) is 22.0 Å². The second-order valence-corrected chi connectivity index (χ2v) is 12.7. The highest BCUT2D eigenvalue weighted by Gasteiger charge is 2.30. The lowest BCUT2D eigenvalue weighted by Gasteiger charge is -2.21. The van der Waals surface area contributed by atoms with Crippen molar-refractivity contribution in [2.24, 2.45) is 0 Å². The molecule has 226 valence electrons. The molecule has 1 aliphatic rings. The molecular formula is C47H28N2. The van der Waals surface area contributed by atoms with Gasteiger partial charge in [0.1, 0.15) is 0 Å². The number of hydrogen-bond acceptors (Lipinski definition) is 1. The molecule has 0 saturated carbocycles. The molecule has 1 aliphatic carbocycles. The third-order valence-electron chi connectivity index (χ3n) is 10.2. The average Bonchev–Trinajstić information content (AvgIpc) is 3.69. The van der Waals surface area contributed by atoms with Crippen molar-refractivity contribution < 1.29 is 0 Å². The zero-order chi connectivity index (χ0) is 32.5. The zero-order valence-corrected chi connectivity index (χ0v) is 26.6. The summed E-state index contributed by atoms with van der Waals surface area (Å²) >= 11 is 0. The topological polar surface area (TPSA) is 28.7 Å². The van der Waals surface area contributed by atoms with Crippen LogP contribution in [0.2, 0.25) is 0 Å². The predicted molar refractivity (Wildman–Crippen MR) is 204 cm³/mol. The Morgan fingerprint density at radius 1 is 0.388 bits per heavy atom. The number of hydrogen-bond donors (Lipinski definition) is 0. The molecule has 8 aromatic carbocycles. The fraction of sp³-hybridized carbons (Fsp3) is 0. The Kier molecular flexibility index (Phi) is 5.97. The normalized spacial score (nSPS) is 11.7. The van der Waals surface area contributed by atoms with Crippen molar-refractivity contribution in [3.63, 3.8) is 0 Å². The van der Waals surface area contributed by atoms with Crippen LogP contribution in [0.5, 0.6) is 0 Å². The minimum absolute atomic E-state index is 0.705. The van der Waals surface area contributed by atoms with Crippen LogP contribution in [0.4, 0.5) is 0 Å². The van der Waals surface area contributed by atoms with E-state index < -0.39 is 0 Å². The fourth-order valence-electron chi connectivity index (χ4n) is 8.12. The van der Waals surface area contributed by atoms with E-state index in [4.69, 9.17) is 0 Å². The molecule has 0 atom stereocenters. The van der Waals surface area contributed by atoms with E-state index in [1.165, 1.54) is 71.9 Å². The Balaban J connectivity index is 1.27. The van der Waals surface area contributed by atoms with Crippen molar-refractivity contribution in [2.45, 2.75) is 0 Å². The summed E-state index contributed by atoms with van der Waals surface area (Å²) in [6, 6.07) is 63.2.